The van der Waals surface area contributed by atoms with Crippen molar-refractivity contribution in [3.63, 3.8) is 0 Å². The second-order valence-corrected chi connectivity index (χ2v) is 10.6. The third-order valence-corrected chi connectivity index (χ3v) is 7.92. The summed E-state index contributed by atoms with van der Waals surface area (Å²) in [5.74, 6) is 0.763. The monoisotopic (exact) mass is 410 g/mol. The number of piperidine rings is 1. The molecule has 2 heterocycles. The predicted molar refractivity (Wildman–Crippen MR) is 108 cm³/mol. The van der Waals surface area contributed by atoms with E-state index in [4.69, 9.17) is 0 Å². The van der Waals surface area contributed by atoms with Crippen molar-refractivity contribution in [3.05, 3.63) is 35.6 Å². The number of benzene rings is 1. The first-order valence-electron chi connectivity index (χ1n) is 10.2. The van der Waals surface area contributed by atoms with Gasteiger partial charge in [-0.25, -0.2) is 12.8 Å². The van der Waals surface area contributed by atoms with Crippen LogP contribution >= 0.6 is 0 Å². The molecule has 0 saturated carbocycles. The number of sulfone groups is 1. The summed E-state index contributed by atoms with van der Waals surface area (Å²) in [5, 5.41) is 0. The minimum Gasteiger partial charge on any atom is -0.345 e. The Morgan fingerprint density at radius 1 is 1.14 bits per heavy atom. The van der Waals surface area contributed by atoms with Gasteiger partial charge in [-0.3, -0.25) is 4.79 Å². The van der Waals surface area contributed by atoms with Gasteiger partial charge in [0.1, 0.15) is 5.82 Å². The van der Waals surface area contributed by atoms with Crippen LogP contribution in [-0.2, 0) is 21.1 Å². The van der Waals surface area contributed by atoms with Crippen molar-refractivity contribution in [1.29, 1.82) is 0 Å². The highest BCUT2D eigenvalue weighted by Gasteiger charge is 2.30. The van der Waals surface area contributed by atoms with Crippen molar-refractivity contribution in [2.24, 2.45) is 11.8 Å². The van der Waals surface area contributed by atoms with E-state index < -0.39 is 9.84 Å². The Labute approximate surface area is 167 Å². The molecule has 1 amide bonds. The van der Waals surface area contributed by atoms with E-state index in [0.29, 0.717) is 18.8 Å². The van der Waals surface area contributed by atoms with Gasteiger partial charge in [-0.05, 0) is 68.3 Å². The first kappa shape index (κ1) is 21.2. The molecule has 0 aromatic heterocycles. The molecule has 28 heavy (non-hydrogen) atoms. The topological polar surface area (TPSA) is 57.7 Å². The summed E-state index contributed by atoms with van der Waals surface area (Å²) >= 11 is 0. The van der Waals surface area contributed by atoms with E-state index in [9.17, 15) is 17.6 Å². The number of rotatable bonds is 7. The van der Waals surface area contributed by atoms with Crippen LogP contribution in [0.4, 0.5) is 4.39 Å². The molecule has 2 aliphatic heterocycles. The third kappa shape index (κ3) is 6.27. The van der Waals surface area contributed by atoms with Gasteiger partial charge in [0.05, 0.1) is 11.5 Å². The molecule has 2 saturated heterocycles. The van der Waals surface area contributed by atoms with E-state index >= 15 is 0 Å². The summed E-state index contributed by atoms with van der Waals surface area (Å²) in [4.78, 5) is 16.7. The lowest BCUT2D eigenvalue weighted by Gasteiger charge is -2.34. The largest absolute Gasteiger partial charge is 0.345 e. The first-order chi connectivity index (χ1) is 13.3. The molecular formula is C21H31FN2O3S. The third-order valence-electron chi connectivity index (χ3n) is 6.08. The Morgan fingerprint density at radius 3 is 2.43 bits per heavy atom. The SMILES string of the molecule is CN(CC1CCN(CCc2ccc(F)cc2)CC1)C(=O)C[C@H]1CCS(=O)(=O)C1. The van der Waals surface area contributed by atoms with Crippen LogP contribution in [0, 0.1) is 17.7 Å². The highest BCUT2D eigenvalue weighted by molar-refractivity contribution is 7.91. The smallest absolute Gasteiger partial charge is 0.222 e. The molecule has 2 aliphatic rings. The lowest BCUT2D eigenvalue weighted by Crippen LogP contribution is -2.40. The average Bonchev–Trinajstić information content (AvgIpc) is 3.00. The second kappa shape index (κ2) is 9.35. The van der Waals surface area contributed by atoms with E-state index in [2.05, 4.69) is 4.90 Å². The fourth-order valence-corrected chi connectivity index (χ4v) is 6.12. The first-order valence-corrected chi connectivity index (χ1v) is 12.0. The molecule has 0 unspecified atom stereocenters. The fourth-order valence-electron chi connectivity index (χ4n) is 4.26. The highest BCUT2D eigenvalue weighted by atomic mass is 32.2. The van der Waals surface area contributed by atoms with Crippen LogP contribution in [0.1, 0.15) is 31.2 Å². The molecule has 1 aromatic rings. The standard InChI is InChI=1S/C21H31FN2O3S/c1-23(21(25)14-19-9-13-28(26,27)16-19)15-18-7-11-24(12-8-18)10-6-17-2-4-20(22)5-3-17/h2-5,18-19H,6-16H2,1H3/t19-/m1/s1. The average molecular weight is 411 g/mol. The number of nitrogens with zero attached hydrogens (tertiary/aromatic N) is 2. The Hall–Kier alpha value is -1.47. The minimum absolute atomic E-state index is 0.00624. The van der Waals surface area contributed by atoms with Gasteiger partial charge in [-0.1, -0.05) is 12.1 Å². The molecule has 0 spiro atoms. The second-order valence-electron chi connectivity index (χ2n) is 8.41. The van der Waals surface area contributed by atoms with Crippen molar-refractivity contribution in [1.82, 2.24) is 9.80 Å². The van der Waals surface area contributed by atoms with Crippen molar-refractivity contribution in [3.8, 4) is 0 Å². The zero-order valence-electron chi connectivity index (χ0n) is 16.6. The maximum Gasteiger partial charge on any atom is 0.222 e. The normalized spacial score (nSPS) is 23.0. The van der Waals surface area contributed by atoms with Gasteiger partial charge in [-0.2, -0.15) is 0 Å². The number of carbonyl (C=O) groups is 1. The number of amides is 1. The minimum atomic E-state index is -2.92. The molecule has 0 N–H and O–H groups in total. The lowest BCUT2D eigenvalue weighted by atomic mass is 9.95. The van der Waals surface area contributed by atoms with Gasteiger partial charge in [0.15, 0.2) is 9.84 Å². The number of carbonyl (C=O) groups excluding carboxylic acids is 1. The van der Waals surface area contributed by atoms with Gasteiger partial charge in [0, 0.05) is 26.6 Å². The summed E-state index contributed by atoms with van der Waals surface area (Å²) in [5.41, 5.74) is 1.16. The summed E-state index contributed by atoms with van der Waals surface area (Å²) < 4.78 is 36.1. The zero-order valence-corrected chi connectivity index (χ0v) is 17.5. The van der Waals surface area contributed by atoms with Gasteiger partial charge in [0.25, 0.3) is 0 Å². The summed E-state index contributed by atoms with van der Waals surface area (Å²) in [6, 6.07) is 6.71. The van der Waals surface area contributed by atoms with E-state index in [1.165, 1.54) is 12.1 Å². The molecule has 1 aromatic carbocycles. The molecule has 2 fully saturated rings. The van der Waals surface area contributed by atoms with Crippen molar-refractivity contribution < 1.29 is 17.6 Å². The molecule has 5 nitrogen and oxygen atoms in total. The molecule has 156 valence electrons. The molecule has 0 bridgehead atoms. The van der Waals surface area contributed by atoms with E-state index in [1.807, 2.05) is 19.2 Å². The Balaban J connectivity index is 1.35. The quantitative estimate of drug-likeness (QED) is 0.693. The maximum absolute atomic E-state index is 13.0. The molecular weight excluding hydrogens is 379 g/mol. The number of hydrogen-bond donors (Lipinski definition) is 0. The number of hydrogen-bond acceptors (Lipinski definition) is 4. The molecule has 0 aliphatic carbocycles. The van der Waals surface area contributed by atoms with Crippen LogP contribution in [0.15, 0.2) is 24.3 Å². The number of likely N-dealkylation sites (tertiary alicyclic amines) is 1. The van der Waals surface area contributed by atoms with Gasteiger partial charge < -0.3 is 9.80 Å². The molecule has 0 radical (unpaired) electrons. The Kier molecular flexibility index (Phi) is 7.10. The summed E-state index contributed by atoms with van der Waals surface area (Å²) in [7, 11) is -1.08. The Morgan fingerprint density at radius 2 is 1.82 bits per heavy atom. The molecule has 3 rings (SSSR count). The van der Waals surface area contributed by atoms with E-state index in [-0.39, 0.29) is 29.1 Å². The van der Waals surface area contributed by atoms with Gasteiger partial charge in [-0.15, -0.1) is 0 Å². The zero-order chi connectivity index (χ0) is 20.1. The Bertz CT molecular complexity index is 758. The van der Waals surface area contributed by atoms with Crippen molar-refractivity contribution in [2.75, 3.05) is 44.7 Å². The van der Waals surface area contributed by atoms with Crippen LogP contribution in [-0.4, -0.2) is 68.9 Å². The van der Waals surface area contributed by atoms with Gasteiger partial charge in [0.2, 0.25) is 5.91 Å². The van der Waals surface area contributed by atoms with Crippen LogP contribution < -0.4 is 0 Å². The van der Waals surface area contributed by atoms with Crippen molar-refractivity contribution >= 4 is 15.7 Å². The predicted octanol–water partition coefficient (Wildman–Crippen LogP) is 2.36. The maximum atomic E-state index is 13.0. The van der Waals surface area contributed by atoms with Crippen molar-refractivity contribution in [2.45, 2.75) is 32.1 Å². The van der Waals surface area contributed by atoms with E-state index in [0.717, 1.165) is 51.0 Å². The van der Waals surface area contributed by atoms with Crippen LogP contribution in [0.2, 0.25) is 0 Å². The highest BCUT2D eigenvalue weighted by Crippen LogP contribution is 2.23. The lowest BCUT2D eigenvalue weighted by molar-refractivity contribution is -0.131. The van der Waals surface area contributed by atoms with E-state index in [1.54, 1.807) is 4.90 Å². The number of halogens is 1. The molecule has 1 atom stereocenters. The fraction of sp³-hybridized carbons (Fsp3) is 0.667. The van der Waals surface area contributed by atoms with Gasteiger partial charge >= 0.3 is 0 Å². The summed E-state index contributed by atoms with van der Waals surface area (Å²) in [6.07, 6.45) is 4.03. The van der Waals surface area contributed by atoms with Crippen LogP contribution in [0.25, 0.3) is 0 Å². The van der Waals surface area contributed by atoms with Crippen LogP contribution in [0.3, 0.4) is 0 Å². The molecule has 7 heteroatoms. The summed E-state index contributed by atoms with van der Waals surface area (Å²) in [6.45, 7) is 3.77. The van der Waals surface area contributed by atoms with Crippen LogP contribution in [0.5, 0.6) is 0 Å².